The lowest BCUT2D eigenvalue weighted by Gasteiger charge is -2.18. The average Bonchev–Trinajstić information content (AvgIpc) is 2.78. The summed E-state index contributed by atoms with van der Waals surface area (Å²) in [5.41, 5.74) is -2.25. The van der Waals surface area contributed by atoms with Crippen LogP contribution in [0.5, 0.6) is 0 Å². The molecule has 1 heterocycles. The van der Waals surface area contributed by atoms with Gasteiger partial charge >= 0.3 is 11.9 Å². The van der Waals surface area contributed by atoms with Crippen molar-refractivity contribution in [3.05, 3.63) is 14.7 Å². The first kappa shape index (κ1) is 18.0. The number of nitrogens with one attached hydrogen (secondary N) is 1. The van der Waals surface area contributed by atoms with Crippen molar-refractivity contribution in [1.82, 2.24) is 4.72 Å². The molecule has 0 bridgehead atoms. The third kappa shape index (κ3) is 4.23. The van der Waals surface area contributed by atoms with Gasteiger partial charge in [-0.3, -0.25) is 0 Å². The summed E-state index contributed by atoms with van der Waals surface area (Å²) >= 11 is 3.87. The fourth-order valence-corrected chi connectivity index (χ4v) is 4.74. The lowest BCUT2D eigenvalue weighted by Crippen LogP contribution is -2.46. The Labute approximate surface area is 132 Å². The van der Waals surface area contributed by atoms with Crippen LogP contribution in [-0.2, 0) is 19.6 Å². The fraction of sp³-hybridized carbons (Fsp3) is 0.400. The zero-order valence-corrected chi connectivity index (χ0v) is 14.1. The Kier molecular flexibility index (Phi) is 5.50. The average molecular weight is 402 g/mol. The minimum Gasteiger partial charge on any atom is -0.479 e. The van der Waals surface area contributed by atoms with E-state index in [1.165, 1.54) is 0 Å². The van der Waals surface area contributed by atoms with Gasteiger partial charge < -0.3 is 14.9 Å². The highest BCUT2D eigenvalue weighted by Gasteiger charge is 2.33. The summed E-state index contributed by atoms with van der Waals surface area (Å²) in [6, 6.07) is 1.10. The first-order valence-corrected chi connectivity index (χ1v) is 8.43. The molecule has 21 heavy (non-hydrogen) atoms. The molecule has 0 saturated carbocycles. The van der Waals surface area contributed by atoms with Gasteiger partial charge in [0.25, 0.3) is 0 Å². The van der Waals surface area contributed by atoms with Crippen LogP contribution in [0.3, 0.4) is 0 Å². The third-order valence-corrected chi connectivity index (χ3v) is 6.03. The van der Waals surface area contributed by atoms with E-state index in [0.717, 1.165) is 31.4 Å². The number of ether oxygens (including phenoxy) is 1. The summed E-state index contributed by atoms with van der Waals surface area (Å²) in [5.74, 6) is -2.26. The molecule has 1 rings (SSSR count). The Bertz CT molecular complexity index is 665. The number of aliphatic carboxylic acids is 1. The Balaban J connectivity index is 3.01. The standard InChI is InChI=1S/C10H12BrNO7S2/c1-10(16,9(14)15)4-12-21(17,18)6-3-5(8(13)19-2)20-7(6)11/h3,12,16H,4H2,1-2H3,(H,14,15). The predicted octanol–water partition coefficient (Wildman–Crippen LogP) is 0.411. The Hall–Kier alpha value is -1.01. The third-order valence-electron chi connectivity index (χ3n) is 2.40. The number of rotatable bonds is 6. The van der Waals surface area contributed by atoms with Gasteiger partial charge in [-0.25, -0.2) is 22.7 Å². The molecule has 1 aromatic rings. The summed E-state index contributed by atoms with van der Waals surface area (Å²) in [6.45, 7) is 0.237. The van der Waals surface area contributed by atoms with E-state index < -0.39 is 34.1 Å². The minimum atomic E-state index is -4.10. The van der Waals surface area contributed by atoms with Crippen LogP contribution in [0.25, 0.3) is 0 Å². The van der Waals surface area contributed by atoms with Crippen molar-refractivity contribution in [3.8, 4) is 0 Å². The number of carbonyl (C=O) groups excluding carboxylic acids is 1. The van der Waals surface area contributed by atoms with Crippen molar-refractivity contribution < 1.29 is 33.0 Å². The van der Waals surface area contributed by atoms with Gasteiger partial charge in [0.1, 0.15) is 9.77 Å². The second-order valence-corrected chi connectivity index (χ2v) is 8.25. The van der Waals surface area contributed by atoms with Crippen molar-refractivity contribution in [3.63, 3.8) is 0 Å². The van der Waals surface area contributed by atoms with E-state index >= 15 is 0 Å². The van der Waals surface area contributed by atoms with Gasteiger partial charge in [0.2, 0.25) is 10.0 Å². The lowest BCUT2D eigenvalue weighted by atomic mass is 10.1. The quantitative estimate of drug-likeness (QED) is 0.588. The predicted molar refractivity (Wildman–Crippen MR) is 76.8 cm³/mol. The van der Waals surface area contributed by atoms with Crippen molar-refractivity contribution in [2.75, 3.05) is 13.7 Å². The number of esters is 1. The maximum absolute atomic E-state index is 12.1. The van der Waals surface area contributed by atoms with E-state index in [-0.39, 0.29) is 13.6 Å². The summed E-state index contributed by atoms with van der Waals surface area (Å²) < 4.78 is 30.7. The topological polar surface area (TPSA) is 130 Å². The number of sulfonamides is 1. The lowest BCUT2D eigenvalue weighted by molar-refractivity contribution is -0.155. The molecule has 1 aromatic heterocycles. The van der Waals surface area contributed by atoms with Crippen LogP contribution >= 0.6 is 27.3 Å². The monoisotopic (exact) mass is 401 g/mol. The molecule has 0 fully saturated rings. The highest BCUT2D eigenvalue weighted by molar-refractivity contribution is 9.11. The summed E-state index contributed by atoms with van der Waals surface area (Å²) in [5, 5.41) is 18.2. The van der Waals surface area contributed by atoms with Crippen LogP contribution in [0.1, 0.15) is 16.6 Å². The van der Waals surface area contributed by atoms with Crippen molar-refractivity contribution in [1.29, 1.82) is 0 Å². The largest absolute Gasteiger partial charge is 0.479 e. The van der Waals surface area contributed by atoms with Gasteiger partial charge in [-0.15, -0.1) is 11.3 Å². The number of carbonyl (C=O) groups is 2. The Morgan fingerprint density at radius 1 is 1.52 bits per heavy atom. The molecule has 0 saturated heterocycles. The Morgan fingerprint density at radius 2 is 2.10 bits per heavy atom. The summed E-state index contributed by atoms with van der Waals surface area (Å²) in [4.78, 5) is 21.9. The molecule has 0 aliphatic carbocycles. The van der Waals surface area contributed by atoms with E-state index in [9.17, 15) is 23.1 Å². The van der Waals surface area contributed by atoms with Crippen LogP contribution in [0.4, 0.5) is 0 Å². The molecule has 0 radical (unpaired) electrons. The maximum atomic E-state index is 12.1. The van der Waals surface area contributed by atoms with Crippen molar-refractivity contribution in [2.24, 2.45) is 0 Å². The van der Waals surface area contributed by atoms with Crippen LogP contribution in [0.15, 0.2) is 14.7 Å². The zero-order valence-electron chi connectivity index (χ0n) is 10.9. The highest BCUT2D eigenvalue weighted by atomic mass is 79.9. The fourth-order valence-electron chi connectivity index (χ4n) is 1.13. The van der Waals surface area contributed by atoms with E-state index in [2.05, 4.69) is 20.7 Å². The maximum Gasteiger partial charge on any atom is 0.348 e. The van der Waals surface area contributed by atoms with Gasteiger partial charge in [0.15, 0.2) is 5.60 Å². The molecule has 0 spiro atoms. The Morgan fingerprint density at radius 3 is 2.57 bits per heavy atom. The molecular formula is C10H12BrNO7S2. The van der Waals surface area contributed by atoms with Crippen LogP contribution in [0.2, 0.25) is 0 Å². The number of carboxylic acids is 1. The van der Waals surface area contributed by atoms with Crippen LogP contribution in [0, 0.1) is 0 Å². The molecule has 11 heteroatoms. The normalized spacial score (nSPS) is 14.5. The molecule has 1 unspecified atom stereocenters. The summed E-state index contributed by atoms with van der Waals surface area (Å²) in [7, 11) is -2.94. The number of hydrogen-bond donors (Lipinski definition) is 3. The summed E-state index contributed by atoms with van der Waals surface area (Å²) in [6.07, 6.45) is 0. The van der Waals surface area contributed by atoms with Crippen LogP contribution in [-0.4, -0.2) is 49.8 Å². The smallest absolute Gasteiger partial charge is 0.348 e. The molecule has 0 aromatic carbocycles. The number of aliphatic hydroxyl groups is 1. The highest BCUT2D eigenvalue weighted by Crippen LogP contribution is 2.32. The van der Waals surface area contributed by atoms with Gasteiger partial charge in [-0.1, -0.05) is 0 Å². The molecule has 0 aliphatic heterocycles. The number of thiophene rings is 1. The van der Waals surface area contributed by atoms with E-state index in [1.807, 2.05) is 4.72 Å². The van der Waals surface area contributed by atoms with Crippen molar-refractivity contribution >= 4 is 49.2 Å². The van der Waals surface area contributed by atoms with Gasteiger partial charge in [0.05, 0.1) is 17.4 Å². The molecular weight excluding hydrogens is 390 g/mol. The molecule has 0 amide bonds. The molecule has 3 N–H and O–H groups in total. The minimum absolute atomic E-state index is 0.0646. The molecule has 1 atom stereocenters. The second kappa shape index (κ2) is 6.40. The van der Waals surface area contributed by atoms with Gasteiger partial charge in [-0.05, 0) is 28.9 Å². The van der Waals surface area contributed by atoms with E-state index in [1.54, 1.807) is 0 Å². The number of halogens is 1. The van der Waals surface area contributed by atoms with Gasteiger partial charge in [-0.2, -0.15) is 0 Å². The van der Waals surface area contributed by atoms with Crippen molar-refractivity contribution in [2.45, 2.75) is 17.4 Å². The molecule has 0 aliphatic rings. The molecule has 8 nitrogen and oxygen atoms in total. The first-order valence-electron chi connectivity index (χ1n) is 5.34. The van der Waals surface area contributed by atoms with E-state index in [0.29, 0.717) is 0 Å². The number of carboxylic acid groups (broad SMARTS) is 1. The van der Waals surface area contributed by atoms with Crippen LogP contribution < -0.4 is 4.72 Å². The molecule has 118 valence electrons. The first-order chi connectivity index (χ1) is 9.51. The zero-order chi connectivity index (χ0) is 16.4. The number of methoxy groups -OCH3 is 1. The SMILES string of the molecule is COC(=O)c1cc(S(=O)(=O)NCC(C)(O)C(=O)O)c(Br)s1. The van der Waals surface area contributed by atoms with Gasteiger partial charge in [0, 0.05) is 0 Å². The number of hydrogen-bond acceptors (Lipinski definition) is 7. The van der Waals surface area contributed by atoms with E-state index in [4.69, 9.17) is 5.11 Å². The second-order valence-electron chi connectivity index (χ2n) is 4.14.